The Morgan fingerprint density at radius 2 is 0.627 bits per heavy atom. The van der Waals surface area contributed by atoms with Crippen molar-refractivity contribution in [1.29, 1.82) is 0 Å². The van der Waals surface area contributed by atoms with Crippen LogP contribution in [0.15, 0.2) is 24.3 Å². The zero-order chi connectivity index (χ0) is 37.0. The van der Waals surface area contributed by atoms with Gasteiger partial charge in [-0.1, -0.05) is 180 Å². The van der Waals surface area contributed by atoms with Crippen LogP contribution >= 0.6 is 0 Å². The van der Waals surface area contributed by atoms with E-state index in [4.69, 9.17) is 14.2 Å². The number of hydrogen-bond donors (Lipinski definition) is 0. The van der Waals surface area contributed by atoms with Crippen molar-refractivity contribution in [2.45, 2.75) is 245 Å². The summed E-state index contributed by atoms with van der Waals surface area (Å²) in [5.74, 6) is 0. The Morgan fingerprint density at radius 3 is 0.941 bits per heavy atom. The highest BCUT2D eigenvalue weighted by atomic mass is 16.8. The van der Waals surface area contributed by atoms with E-state index in [2.05, 4.69) is 38.2 Å². The van der Waals surface area contributed by atoms with Crippen molar-refractivity contribution in [3.05, 3.63) is 24.3 Å². The zero-order valence-corrected chi connectivity index (χ0v) is 34.1. The summed E-state index contributed by atoms with van der Waals surface area (Å²) < 4.78 is 19.2. The van der Waals surface area contributed by atoms with E-state index < -0.39 is 0 Å². The fourth-order valence-electron chi connectivity index (χ4n) is 6.45. The lowest BCUT2D eigenvalue weighted by Crippen LogP contribution is -2.25. The molecule has 51 heavy (non-hydrogen) atoms. The first kappa shape index (κ1) is 49.7. The molecule has 0 aromatic carbocycles. The molecule has 300 valence electrons. The molecule has 0 fully saturated rings. The van der Waals surface area contributed by atoms with Crippen LogP contribution in [0.4, 0.5) is 0 Å². The molecule has 0 aliphatic heterocycles. The van der Waals surface area contributed by atoms with Crippen molar-refractivity contribution in [2.75, 3.05) is 13.2 Å². The largest absolute Gasteiger partial charge is 0.349 e. The number of carbonyl (C=O) groups excluding carboxylic acids is 2. The Balaban J connectivity index is 4.87. The highest BCUT2D eigenvalue weighted by Crippen LogP contribution is 2.16. The van der Waals surface area contributed by atoms with Gasteiger partial charge in [0.05, 0.1) is 13.2 Å². The average molecular weight is 719 g/mol. The first-order chi connectivity index (χ1) is 25.3. The van der Waals surface area contributed by atoms with Crippen LogP contribution in [0.1, 0.15) is 232 Å². The molecule has 5 nitrogen and oxygen atoms in total. The molecule has 0 bridgehead atoms. The topological polar surface area (TPSA) is 61.8 Å². The number of allylic oxidation sites excluding steroid dienone is 2. The third kappa shape index (κ3) is 41.3. The SMILES string of the molecule is CCCCCCCCCOC(C=CCCCCCCCCCCC=O)OC(C=CCCCCCCCCCCC=O)OCCCCCCCCC. The first-order valence-electron chi connectivity index (χ1n) is 22.4. The van der Waals surface area contributed by atoms with E-state index in [1.54, 1.807) is 0 Å². The second kappa shape index (κ2) is 44.9. The fraction of sp³-hybridized carbons (Fsp3) is 0.870. The van der Waals surface area contributed by atoms with Gasteiger partial charge in [-0.15, -0.1) is 0 Å². The Hall–Kier alpha value is -1.30. The summed E-state index contributed by atoms with van der Waals surface area (Å²) in [6.07, 6.45) is 51.1. The number of aldehydes is 2. The smallest absolute Gasteiger partial charge is 0.180 e. The Bertz CT molecular complexity index is 675. The summed E-state index contributed by atoms with van der Waals surface area (Å²) in [6, 6.07) is 0. The summed E-state index contributed by atoms with van der Waals surface area (Å²) in [4.78, 5) is 20.9. The van der Waals surface area contributed by atoms with E-state index in [0.29, 0.717) is 0 Å². The van der Waals surface area contributed by atoms with Crippen LogP contribution in [-0.2, 0) is 23.8 Å². The minimum atomic E-state index is -0.383. The Morgan fingerprint density at radius 1 is 0.353 bits per heavy atom. The van der Waals surface area contributed by atoms with Gasteiger partial charge >= 0.3 is 0 Å². The predicted octanol–water partition coefficient (Wildman–Crippen LogP) is 14.5. The van der Waals surface area contributed by atoms with Gasteiger partial charge < -0.3 is 23.8 Å². The normalized spacial score (nSPS) is 13.1. The number of carbonyl (C=O) groups is 2. The molecule has 0 aromatic heterocycles. The van der Waals surface area contributed by atoms with E-state index in [-0.39, 0.29) is 12.6 Å². The third-order valence-electron chi connectivity index (χ3n) is 9.80. The molecule has 2 unspecified atom stereocenters. The quantitative estimate of drug-likeness (QED) is 0.0272. The minimum Gasteiger partial charge on any atom is -0.349 e. The van der Waals surface area contributed by atoms with E-state index >= 15 is 0 Å². The molecular formula is C46H86O5. The van der Waals surface area contributed by atoms with Gasteiger partial charge in [-0.2, -0.15) is 0 Å². The summed E-state index contributed by atoms with van der Waals surface area (Å²) in [6.45, 7) is 5.99. The average Bonchev–Trinajstić information content (AvgIpc) is 3.14. The summed E-state index contributed by atoms with van der Waals surface area (Å²) >= 11 is 0. The molecule has 5 heteroatoms. The van der Waals surface area contributed by atoms with E-state index in [1.807, 2.05) is 0 Å². The zero-order valence-electron chi connectivity index (χ0n) is 34.1. The minimum absolute atomic E-state index is 0.383. The third-order valence-corrected chi connectivity index (χ3v) is 9.80. The van der Waals surface area contributed by atoms with Crippen LogP contribution in [0.5, 0.6) is 0 Å². The van der Waals surface area contributed by atoms with Crippen LogP contribution in [0.25, 0.3) is 0 Å². The van der Waals surface area contributed by atoms with Crippen LogP contribution < -0.4 is 0 Å². The molecule has 0 rings (SSSR count). The van der Waals surface area contributed by atoms with Gasteiger partial charge in [-0.05, 0) is 63.5 Å². The van der Waals surface area contributed by atoms with Gasteiger partial charge in [0.25, 0.3) is 0 Å². The van der Waals surface area contributed by atoms with Crippen molar-refractivity contribution in [1.82, 2.24) is 0 Å². The van der Waals surface area contributed by atoms with Gasteiger partial charge in [0.1, 0.15) is 12.6 Å². The highest BCUT2D eigenvalue weighted by molar-refractivity contribution is 5.49. The van der Waals surface area contributed by atoms with Crippen molar-refractivity contribution < 1.29 is 23.8 Å². The highest BCUT2D eigenvalue weighted by Gasteiger charge is 2.14. The Labute approximate surface area is 317 Å². The van der Waals surface area contributed by atoms with Crippen molar-refractivity contribution in [3.63, 3.8) is 0 Å². The second-order valence-electron chi connectivity index (χ2n) is 14.9. The molecule has 0 saturated heterocycles. The van der Waals surface area contributed by atoms with Gasteiger partial charge in [-0.3, -0.25) is 0 Å². The molecular weight excluding hydrogens is 633 g/mol. The number of ether oxygens (including phenoxy) is 3. The van der Waals surface area contributed by atoms with Crippen molar-refractivity contribution >= 4 is 12.6 Å². The predicted molar refractivity (Wildman–Crippen MR) is 219 cm³/mol. The van der Waals surface area contributed by atoms with Gasteiger partial charge in [0.2, 0.25) is 0 Å². The van der Waals surface area contributed by atoms with E-state index in [1.165, 1.54) is 167 Å². The number of rotatable bonds is 44. The molecule has 2 atom stereocenters. The van der Waals surface area contributed by atoms with Gasteiger partial charge in [0, 0.05) is 12.8 Å². The van der Waals surface area contributed by atoms with Gasteiger partial charge in [0.15, 0.2) is 12.6 Å². The molecule has 0 N–H and O–H groups in total. The standard InChI is InChI=1S/C46H86O5/c1-3-5-7-9-25-31-37-43-49-45(39-33-27-21-17-13-11-15-19-23-29-35-41-47)51-46(50-44-38-32-26-10-8-6-4-2)40-34-28-22-18-14-12-16-20-24-30-36-42-48/h33-34,39-42,45-46H,3-32,35-38,43-44H2,1-2H3. The molecule has 0 aromatic rings. The maximum atomic E-state index is 10.5. The monoisotopic (exact) mass is 719 g/mol. The molecule has 0 amide bonds. The molecule has 0 radical (unpaired) electrons. The van der Waals surface area contributed by atoms with E-state index in [9.17, 15) is 9.59 Å². The van der Waals surface area contributed by atoms with Crippen molar-refractivity contribution in [3.8, 4) is 0 Å². The summed E-state index contributed by atoms with van der Waals surface area (Å²) in [5, 5.41) is 0. The summed E-state index contributed by atoms with van der Waals surface area (Å²) in [7, 11) is 0. The maximum Gasteiger partial charge on any atom is 0.180 e. The molecule has 0 aliphatic carbocycles. The maximum absolute atomic E-state index is 10.5. The van der Waals surface area contributed by atoms with Crippen LogP contribution in [0.2, 0.25) is 0 Å². The summed E-state index contributed by atoms with van der Waals surface area (Å²) in [5.41, 5.74) is 0. The van der Waals surface area contributed by atoms with Crippen molar-refractivity contribution in [2.24, 2.45) is 0 Å². The molecule has 0 heterocycles. The lowest BCUT2D eigenvalue weighted by atomic mass is 10.1. The second-order valence-corrected chi connectivity index (χ2v) is 14.9. The van der Waals surface area contributed by atoms with Gasteiger partial charge in [-0.25, -0.2) is 0 Å². The van der Waals surface area contributed by atoms with Crippen LogP contribution in [0.3, 0.4) is 0 Å². The van der Waals surface area contributed by atoms with Crippen LogP contribution in [0, 0.1) is 0 Å². The molecule has 0 saturated carbocycles. The number of hydrogen-bond acceptors (Lipinski definition) is 5. The first-order valence-corrected chi connectivity index (χ1v) is 22.4. The lowest BCUT2D eigenvalue weighted by molar-refractivity contribution is -0.208. The fourth-order valence-corrected chi connectivity index (χ4v) is 6.45. The van der Waals surface area contributed by atoms with E-state index in [0.717, 1.165) is 77.2 Å². The van der Waals surface area contributed by atoms with Crippen LogP contribution in [-0.4, -0.2) is 38.4 Å². The Kier molecular flexibility index (Phi) is 43.7. The lowest BCUT2D eigenvalue weighted by Gasteiger charge is -2.22. The molecule has 0 spiro atoms. The molecule has 0 aliphatic rings. The number of unbranched alkanes of at least 4 members (excludes halogenated alkanes) is 30.